The fraction of sp³-hybridized carbons (Fsp3) is 0.278. The monoisotopic (exact) mass is 360 g/mol. The summed E-state index contributed by atoms with van der Waals surface area (Å²) in [6.07, 6.45) is 0. The molecule has 1 unspecified atom stereocenters. The van der Waals surface area contributed by atoms with Crippen molar-refractivity contribution in [2.24, 2.45) is 0 Å². The van der Waals surface area contributed by atoms with Crippen LogP contribution in [0.5, 0.6) is 0 Å². The lowest BCUT2D eigenvalue weighted by Crippen LogP contribution is -2.40. The van der Waals surface area contributed by atoms with Crippen LogP contribution in [0.3, 0.4) is 0 Å². The zero-order valence-corrected chi connectivity index (χ0v) is 15.0. The molecule has 0 bridgehead atoms. The van der Waals surface area contributed by atoms with Crippen LogP contribution in [-0.2, 0) is 20.4 Å². The molecule has 1 atom stereocenters. The Kier molecular flexibility index (Phi) is 3.98. The van der Waals surface area contributed by atoms with Gasteiger partial charge < -0.3 is 10.4 Å². The number of carbonyl (C=O) groups excluding carboxylic acids is 1. The fourth-order valence-corrected chi connectivity index (χ4v) is 4.29. The summed E-state index contributed by atoms with van der Waals surface area (Å²) in [6, 6.07) is 12.5. The molecule has 132 valence electrons. The summed E-state index contributed by atoms with van der Waals surface area (Å²) in [5, 5.41) is 13.6. The molecule has 1 amide bonds. The van der Waals surface area contributed by atoms with Crippen LogP contribution in [0.4, 0.5) is 5.69 Å². The molecule has 2 aromatic rings. The third kappa shape index (κ3) is 3.06. The predicted octanol–water partition coefficient (Wildman–Crippen LogP) is 1.95. The Morgan fingerprint density at radius 1 is 1.04 bits per heavy atom. The summed E-state index contributed by atoms with van der Waals surface area (Å²) < 4.78 is 27.3. The van der Waals surface area contributed by atoms with Gasteiger partial charge in [0.25, 0.3) is 5.91 Å². The number of nitrogens with one attached hydrogen (secondary N) is 2. The number of fused-ring (bicyclic) bond motifs is 1. The van der Waals surface area contributed by atoms with Gasteiger partial charge in [-0.15, -0.1) is 0 Å². The number of anilines is 1. The van der Waals surface area contributed by atoms with Crippen molar-refractivity contribution in [1.82, 2.24) is 4.72 Å². The second kappa shape index (κ2) is 5.66. The van der Waals surface area contributed by atoms with E-state index in [9.17, 15) is 18.3 Å². The summed E-state index contributed by atoms with van der Waals surface area (Å²) in [4.78, 5) is 12.4. The zero-order valence-electron chi connectivity index (χ0n) is 14.2. The molecule has 3 rings (SSSR count). The van der Waals surface area contributed by atoms with Crippen LogP contribution in [0, 0.1) is 0 Å². The lowest BCUT2D eigenvalue weighted by atomic mass is 9.88. The Morgan fingerprint density at radius 3 is 2.24 bits per heavy atom. The first-order valence-electron chi connectivity index (χ1n) is 7.82. The van der Waals surface area contributed by atoms with E-state index in [1.165, 1.54) is 24.3 Å². The first kappa shape index (κ1) is 17.6. The van der Waals surface area contributed by atoms with Crippen molar-refractivity contribution >= 4 is 21.6 Å². The van der Waals surface area contributed by atoms with E-state index in [0.29, 0.717) is 16.8 Å². The molecule has 0 radical (unpaired) electrons. The number of sulfonamides is 1. The maximum absolute atomic E-state index is 12.4. The number of hydrogen-bond donors (Lipinski definition) is 3. The number of amides is 1. The number of benzene rings is 2. The minimum absolute atomic E-state index is 0.0708. The standard InChI is InChI=1S/C18H20N2O4S/c1-17(2,3)20-25(23,24)13-10-8-12(9-11-13)18(22)14-6-4-5-7-15(14)19-16(18)21/h4-11,20,22H,1-3H3,(H,19,21). The van der Waals surface area contributed by atoms with Gasteiger partial charge in [-0.05, 0) is 44.5 Å². The van der Waals surface area contributed by atoms with Gasteiger partial charge in [0.15, 0.2) is 5.60 Å². The van der Waals surface area contributed by atoms with Crippen LogP contribution in [0.15, 0.2) is 53.4 Å². The lowest BCUT2D eigenvalue weighted by molar-refractivity contribution is -0.129. The van der Waals surface area contributed by atoms with Crippen LogP contribution in [0.2, 0.25) is 0 Å². The van der Waals surface area contributed by atoms with Crippen LogP contribution in [0.25, 0.3) is 0 Å². The van der Waals surface area contributed by atoms with Crippen molar-refractivity contribution in [3.8, 4) is 0 Å². The largest absolute Gasteiger partial charge is 0.372 e. The molecule has 1 aliphatic heterocycles. The topological polar surface area (TPSA) is 95.5 Å². The zero-order chi connectivity index (χ0) is 18.5. The van der Waals surface area contributed by atoms with E-state index >= 15 is 0 Å². The van der Waals surface area contributed by atoms with Crippen LogP contribution in [0.1, 0.15) is 31.9 Å². The number of hydrogen-bond acceptors (Lipinski definition) is 4. The molecular formula is C18H20N2O4S. The summed E-state index contributed by atoms with van der Waals surface area (Å²) in [5.41, 5.74) is -1.15. The minimum Gasteiger partial charge on any atom is -0.372 e. The molecule has 0 aliphatic carbocycles. The summed E-state index contributed by atoms with van der Waals surface area (Å²) in [6.45, 7) is 5.25. The van der Waals surface area contributed by atoms with E-state index in [4.69, 9.17) is 0 Å². The van der Waals surface area contributed by atoms with Gasteiger partial charge in [0.05, 0.1) is 4.90 Å². The molecule has 6 nitrogen and oxygen atoms in total. The van der Waals surface area contributed by atoms with E-state index < -0.39 is 27.1 Å². The first-order chi connectivity index (χ1) is 11.5. The quantitative estimate of drug-likeness (QED) is 0.780. The van der Waals surface area contributed by atoms with Crippen LogP contribution in [-0.4, -0.2) is 25.0 Å². The average molecular weight is 360 g/mol. The maximum Gasteiger partial charge on any atom is 0.265 e. The molecule has 0 saturated carbocycles. The molecule has 0 spiro atoms. The first-order valence-corrected chi connectivity index (χ1v) is 9.30. The van der Waals surface area contributed by atoms with Gasteiger partial charge in [0.2, 0.25) is 10.0 Å². The van der Waals surface area contributed by atoms with Crippen molar-refractivity contribution in [2.75, 3.05) is 5.32 Å². The molecule has 7 heteroatoms. The molecule has 2 aromatic carbocycles. The summed E-state index contributed by atoms with van der Waals surface area (Å²) in [7, 11) is -3.68. The Labute approximate surface area is 146 Å². The lowest BCUT2D eigenvalue weighted by Gasteiger charge is -2.23. The Hall–Kier alpha value is -2.22. The highest BCUT2D eigenvalue weighted by atomic mass is 32.2. The fourth-order valence-electron chi connectivity index (χ4n) is 2.87. The van der Waals surface area contributed by atoms with Crippen molar-refractivity contribution in [3.05, 3.63) is 59.7 Å². The molecule has 0 aromatic heterocycles. The van der Waals surface area contributed by atoms with Gasteiger partial charge in [0, 0.05) is 16.8 Å². The average Bonchev–Trinajstić information content (AvgIpc) is 2.78. The van der Waals surface area contributed by atoms with Gasteiger partial charge in [-0.2, -0.15) is 0 Å². The summed E-state index contributed by atoms with van der Waals surface area (Å²) in [5.74, 6) is -0.558. The van der Waals surface area contributed by atoms with Gasteiger partial charge in [-0.25, -0.2) is 13.1 Å². The maximum atomic E-state index is 12.4. The SMILES string of the molecule is CC(C)(C)NS(=O)(=O)c1ccc(C2(O)C(=O)Nc3ccccc32)cc1. The second-order valence-corrected chi connectivity index (χ2v) is 8.77. The Balaban J connectivity index is 2.00. The van der Waals surface area contributed by atoms with E-state index in [-0.39, 0.29) is 4.90 Å². The van der Waals surface area contributed by atoms with Gasteiger partial charge in [-0.3, -0.25) is 4.79 Å². The Morgan fingerprint density at radius 2 is 1.64 bits per heavy atom. The van der Waals surface area contributed by atoms with E-state index in [2.05, 4.69) is 10.0 Å². The third-order valence-corrected chi connectivity index (χ3v) is 5.69. The number of para-hydroxylation sites is 1. The van der Waals surface area contributed by atoms with Gasteiger partial charge >= 0.3 is 0 Å². The van der Waals surface area contributed by atoms with Crippen molar-refractivity contribution in [1.29, 1.82) is 0 Å². The number of carbonyl (C=O) groups is 1. The normalized spacial score (nSPS) is 20.2. The van der Waals surface area contributed by atoms with Crippen LogP contribution >= 0.6 is 0 Å². The summed E-state index contributed by atoms with van der Waals surface area (Å²) >= 11 is 0. The second-order valence-electron chi connectivity index (χ2n) is 7.09. The third-order valence-electron chi connectivity index (χ3n) is 3.92. The van der Waals surface area contributed by atoms with Gasteiger partial charge in [0.1, 0.15) is 0 Å². The molecule has 3 N–H and O–H groups in total. The van der Waals surface area contributed by atoms with E-state index in [1.54, 1.807) is 45.0 Å². The predicted molar refractivity (Wildman–Crippen MR) is 94.6 cm³/mol. The van der Waals surface area contributed by atoms with Crippen molar-refractivity contribution in [2.45, 2.75) is 36.8 Å². The van der Waals surface area contributed by atoms with E-state index in [1.807, 2.05) is 0 Å². The highest BCUT2D eigenvalue weighted by Crippen LogP contribution is 2.40. The number of rotatable bonds is 3. The Bertz CT molecular complexity index is 930. The molecule has 1 aliphatic rings. The molecular weight excluding hydrogens is 340 g/mol. The van der Waals surface area contributed by atoms with Crippen molar-refractivity contribution < 1.29 is 18.3 Å². The molecule has 0 saturated heterocycles. The highest BCUT2D eigenvalue weighted by Gasteiger charge is 2.46. The van der Waals surface area contributed by atoms with Crippen molar-refractivity contribution in [3.63, 3.8) is 0 Å². The van der Waals surface area contributed by atoms with Gasteiger partial charge in [-0.1, -0.05) is 30.3 Å². The smallest absolute Gasteiger partial charge is 0.265 e. The highest BCUT2D eigenvalue weighted by molar-refractivity contribution is 7.89. The van der Waals surface area contributed by atoms with E-state index in [0.717, 1.165) is 0 Å². The molecule has 25 heavy (non-hydrogen) atoms. The minimum atomic E-state index is -3.68. The van der Waals surface area contributed by atoms with Crippen LogP contribution < -0.4 is 10.0 Å². The number of aliphatic hydroxyl groups is 1. The molecule has 1 heterocycles. The molecule has 0 fully saturated rings.